The molecule has 0 fully saturated rings. The van der Waals surface area contributed by atoms with Gasteiger partial charge in [0.15, 0.2) is 0 Å². The monoisotopic (exact) mass is 257 g/mol. The quantitative estimate of drug-likeness (QED) is 0.895. The first kappa shape index (κ1) is 13.3. The van der Waals surface area contributed by atoms with Crippen LogP contribution in [0, 0.1) is 6.92 Å². The van der Waals surface area contributed by atoms with Crippen LogP contribution in [0.2, 0.25) is 0 Å². The molecule has 4 nitrogen and oxygen atoms in total. The summed E-state index contributed by atoms with van der Waals surface area (Å²) in [5.41, 5.74) is 7.91. The fourth-order valence-corrected chi connectivity index (χ4v) is 1.84. The summed E-state index contributed by atoms with van der Waals surface area (Å²) in [4.78, 5) is 7.91. The van der Waals surface area contributed by atoms with Gasteiger partial charge in [-0.2, -0.15) is 4.98 Å². The lowest BCUT2D eigenvalue weighted by Gasteiger charge is -2.23. The number of nitrogens with zero attached hydrogens (tertiary/aromatic N) is 2. The average molecular weight is 257 g/mol. The Morgan fingerprint density at radius 1 is 1.16 bits per heavy atom. The minimum atomic E-state index is -0.0000711. The van der Waals surface area contributed by atoms with Crippen molar-refractivity contribution in [2.45, 2.75) is 33.1 Å². The molecular formula is C15H19N3O. The highest BCUT2D eigenvalue weighted by molar-refractivity contribution is 5.43. The van der Waals surface area contributed by atoms with Gasteiger partial charge in [-0.25, -0.2) is 4.98 Å². The van der Waals surface area contributed by atoms with Gasteiger partial charge in [-0.1, -0.05) is 38.5 Å². The molecule has 2 N–H and O–H groups in total. The van der Waals surface area contributed by atoms with E-state index in [9.17, 15) is 0 Å². The first-order valence-electron chi connectivity index (χ1n) is 6.24. The van der Waals surface area contributed by atoms with Crippen molar-refractivity contribution in [1.29, 1.82) is 0 Å². The molecule has 19 heavy (non-hydrogen) atoms. The maximum Gasteiger partial charge on any atom is 0.224 e. The molecule has 0 spiro atoms. The predicted octanol–water partition coefficient (Wildman–Crippen LogP) is 3.46. The molecule has 0 radical (unpaired) electrons. The Morgan fingerprint density at radius 2 is 1.89 bits per heavy atom. The Balaban J connectivity index is 2.40. The lowest BCUT2D eigenvalue weighted by molar-refractivity contribution is 0.439. The van der Waals surface area contributed by atoms with Crippen molar-refractivity contribution >= 4 is 5.95 Å². The topological polar surface area (TPSA) is 61.0 Å². The fourth-order valence-electron chi connectivity index (χ4n) is 1.84. The first-order chi connectivity index (χ1) is 8.86. The molecule has 1 aromatic heterocycles. The van der Waals surface area contributed by atoms with E-state index in [1.165, 1.54) is 5.56 Å². The van der Waals surface area contributed by atoms with Gasteiger partial charge >= 0.3 is 0 Å². The molecule has 0 aliphatic carbocycles. The van der Waals surface area contributed by atoms with Gasteiger partial charge in [0.1, 0.15) is 5.75 Å². The summed E-state index contributed by atoms with van der Waals surface area (Å²) in [5, 5.41) is 0. The van der Waals surface area contributed by atoms with E-state index in [1.807, 2.05) is 12.1 Å². The molecule has 2 aromatic rings. The van der Waals surface area contributed by atoms with Gasteiger partial charge in [-0.3, -0.25) is 0 Å². The number of nitrogen functional groups attached to an aromatic ring is 1. The highest BCUT2D eigenvalue weighted by atomic mass is 16.5. The predicted molar refractivity (Wildman–Crippen MR) is 76.4 cm³/mol. The molecule has 0 saturated carbocycles. The van der Waals surface area contributed by atoms with Crippen LogP contribution in [0.4, 0.5) is 5.95 Å². The van der Waals surface area contributed by atoms with Crippen LogP contribution in [0.25, 0.3) is 0 Å². The Labute approximate surface area is 113 Å². The zero-order valence-corrected chi connectivity index (χ0v) is 11.8. The summed E-state index contributed by atoms with van der Waals surface area (Å²) in [6.45, 7) is 8.54. The number of aryl methyl sites for hydroxylation is 1. The number of hydrogen-bond acceptors (Lipinski definition) is 4. The molecule has 0 aliphatic heterocycles. The van der Waals surface area contributed by atoms with E-state index in [0.717, 1.165) is 11.3 Å². The molecule has 0 unspecified atom stereocenters. The molecule has 0 atom stereocenters. The number of nitrogens with two attached hydrogens (primary N) is 1. The Bertz CT molecular complexity index is 588. The Kier molecular flexibility index (Phi) is 3.42. The van der Waals surface area contributed by atoms with Crippen molar-refractivity contribution in [2.24, 2.45) is 0 Å². The number of benzene rings is 1. The fraction of sp³-hybridized carbons (Fsp3) is 0.333. The second-order valence-electron chi connectivity index (χ2n) is 5.60. The largest absolute Gasteiger partial charge is 0.439 e. The average Bonchev–Trinajstić information content (AvgIpc) is 2.30. The van der Waals surface area contributed by atoms with Crippen LogP contribution in [0.3, 0.4) is 0 Å². The minimum Gasteiger partial charge on any atom is -0.439 e. The van der Waals surface area contributed by atoms with Gasteiger partial charge in [0.25, 0.3) is 0 Å². The third-order valence-electron chi connectivity index (χ3n) is 2.81. The lowest BCUT2D eigenvalue weighted by Crippen LogP contribution is -2.13. The highest BCUT2D eigenvalue weighted by Crippen LogP contribution is 2.34. The van der Waals surface area contributed by atoms with E-state index in [-0.39, 0.29) is 11.4 Å². The third kappa shape index (κ3) is 3.22. The van der Waals surface area contributed by atoms with Crippen molar-refractivity contribution < 1.29 is 4.74 Å². The van der Waals surface area contributed by atoms with Crippen LogP contribution < -0.4 is 10.5 Å². The number of rotatable bonds is 2. The van der Waals surface area contributed by atoms with Crippen LogP contribution in [-0.4, -0.2) is 9.97 Å². The zero-order valence-electron chi connectivity index (χ0n) is 11.8. The van der Waals surface area contributed by atoms with Gasteiger partial charge in [0, 0.05) is 17.8 Å². The van der Waals surface area contributed by atoms with Crippen LogP contribution in [0.5, 0.6) is 11.6 Å². The molecule has 1 aromatic carbocycles. The number of aromatic nitrogens is 2. The van der Waals surface area contributed by atoms with Crippen molar-refractivity contribution in [2.75, 3.05) is 5.73 Å². The zero-order chi connectivity index (χ0) is 14.0. The molecule has 2 rings (SSSR count). The van der Waals surface area contributed by atoms with Gasteiger partial charge < -0.3 is 10.5 Å². The third-order valence-corrected chi connectivity index (χ3v) is 2.81. The van der Waals surface area contributed by atoms with Gasteiger partial charge in [-0.15, -0.1) is 0 Å². The molecule has 0 amide bonds. The Morgan fingerprint density at radius 3 is 2.53 bits per heavy atom. The summed E-state index contributed by atoms with van der Waals surface area (Å²) < 4.78 is 5.84. The molecule has 0 bridgehead atoms. The van der Waals surface area contributed by atoms with E-state index >= 15 is 0 Å². The second-order valence-corrected chi connectivity index (χ2v) is 5.60. The van der Waals surface area contributed by atoms with E-state index in [0.29, 0.717) is 5.88 Å². The van der Waals surface area contributed by atoms with Crippen molar-refractivity contribution in [3.63, 3.8) is 0 Å². The molecule has 4 heteroatoms. The van der Waals surface area contributed by atoms with Crippen LogP contribution in [-0.2, 0) is 5.41 Å². The van der Waals surface area contributed by atoms with Crippen molar-refractivity contribution in [3.05, 3.63) is 41.6 Å². The maximum atomic E-state index is 5.84. The SMILES string of the molecule is Cc1ccc(Oc2ccnc(N)n2)c(C(C)(C)C)c1. The van der Waals surface area contributed by atoms with E-state index in [4.69, 9.17) is 10.5 Å². The minimum absolute atomic E-state index is 0.0000711. The summed E-state index contributed by atoms with van der Waals surface area (Å²) in [5.74, 6) is 1.47. The molecule has 0 saturated heterocycles. The van der Waals surface area contributed by atoms with Crippen LogP contribution in [0.1, 0.15) is 31.9 Å². The maximum absolute atomic E-state index is 5.84. The van der Waals surface area contributed by atoms with Gasteiger partial charge in [0.05, 0.1) is 0 Å². The highest BCUT2D eigenvalue weighted by Gasteiger charge is 2.19. The molecular weight excluding hydrogens is 238 g/mol. The van der Waals surface area contributed by atoms with Crippen molar-refractivity contribution in [1.82, 2.24) is 9.97 Å². The summed E-state index contributed by atoms with van der Waals surface area (Å²) in [7, 11) is 0. The standard InChI is InChI=1S/C15H19N3O/c1-10-5-6-12(11(9-10)15(2,3)4)19-13-7-8-17-14(16)18-13/h5-9H,1-4H3,(H2,16,17,18). The summed E-state index contributed by atoms with van der Waals surface area (Å²) in [6, 6.07) is 7.83. The normalized spacial score (nSPS) is 11.4. The number of anilines is 1. The van der Waals surface area contributed by atoms with E-state index in [2.05, 4.69) is 43.7 Å². The number of hydrogen-bond donors (Lipinski definition) is 1. The smallest absolute Gasteiger partial charge is 0.224 e. The van der Waals surface area contributed by atoms with Crippen LogP contribution >= 0.6 is 0 Å². The van der Waals surface area contributed by atoms with Crippen LogP contribution in [0.15, 0.2) is 30.5 Å². The molecule has 0 aliphatic rings. The van der Waals surface area contributed by atoms with E-state index < -0.39 is 0 Å². The van der Waals surface area contributed by atoms with Crippen molar-refractivity contribution in [3.8, 4) is 11.6 Å². The lowest BCUT2D eigenvalue weighted by atomic mass is 9.85. The van der Waals surface area contributed by atoms with E-state index in [1.54, 1.807) is 12.3 Å². The number of ether oxygens (including phenoxy) is 1. The summed E-state index contributed by atoms with van der Waals surface area (Å²) >= 11 is 0. The van der Waals surface area contributed by atoms with Gasteiger partial charge in [0.2, 0.25) is 11.8 Å². The molecule has 1 heterocycles. The van der Waals surface area contributed by atoms with Gasteiger partial charge in [-0.05, 0) is 18.4 Å². The first-order valence-corrected chi connectivity index (χ1v) is 6.24. The molecule has 100 valence electrons. The summed E-state index contributed by atoms with van der Waals surface area (Å²) in [6.07, 6.45) is 1.59. The Hall–Kier alpha value is -2.10. The second kappa shape index (κ2) is 4.88.